The zero-order valence-corrected chi connectivity index (χ0v) is 13.1. The number of anilines is 1. The molecule has 120 valence electrons. The Balaban J connectivity index is 1.98. The quantitative estimate of drug-likeness (QED) is 0.275. The summed E-state index contributed by atoms with van der Waals surface area (Å²) in [4.78, 5) is 14.5. The van der Waals surface area contributed by atoms with E-state index in [1.54, 1.807) is 42.5 Å². The highest BCUT2D eigenvalue weighted by atomic mass is 35.5. The number of nitrogens with one attached hydrogen (secondary N) is 2. The summed E-state index contributed by atoms with van der Waals surface area (Å²) in [5.74, 6) is 0.656. The van der Waals surface area contributed by atoms with Crippen molar-refractivity contribution in [1.82, 2.24) is 0 Å². The first-order valence-electron chi connectivity index (χ1n) is 6.66. The van der Waals surface area contributed by atoms with Crippen molar-refractivity contribution in [2.75, 3.05) is 19.1 Å². The fourth-order valence-corrected chi connectivity index (χ4v) is 1.87. The van der Waals surface area contributed by atoms with Crippen LogP contribution < -0.4 is 20.9 Å². The van der Waals surface area contributed by atoms with Gasteiger partial charge < -0.3 is 15.2 Å². The zero-order valence-electron chi connectivity index (χ0n) is 12.4. The molecule has 1 aromatic carbocycles. The van der Waals surface area contributed by atoms with Gasteiger partial charge in [0.25, 0.3) is 5.82 Å². The van der Waals surface area contributed by atoms with Gasteiger partial charge in [0.05, 0.1) is 7.11 Å². The van der Waals surface area contributed by atoms with E-state index in [2.05, 4.69) is 15.5 Å². The number of amidine groups is 1. The summed E-state index contributed by atoms with van der Waals surface area (Å²) in [6.07, 6.45) is 0. The maximum atomic E-state index is 11.6. The van der Waals surface area contributed by atoms with Gasteiger partial charge in [-0.15, -0.1) is 5.43 Å². The molecule has 0 unspecified atom stereocenters. The summed E-state index contributed by atoms with van der Waals surface area (Å²) in [6.45, 7) is 0.00156. The van der Waals surface area contributed by atoms with Crippen molar-refractivity contribution in [3.63, 3.8) is 0 Å². The number of carbonyl (C=O) groups excluding carboxylic acids is 1. The van der Waals surface area contributed by atoms with Gasteiger partial charge in [-0.1, -0.05) is 17.2 Å². The highest BCUT2D eigenvalue weighted by Gasteiger charge is 2.12. The molecule has 0 aliphatic heterocycles. The summed E-state index contributed by atoms with van der Waals surface area (Å²) in [6, 6.07) is 11.9. The number of halogens is 1. The third-order valence-corrected chi connectivity index (χ3v) is 2.97. The zero-order chi connectivity index (χ0) is 16.7. The summed E-state index contributed by atoms with van der Waals surface area (Å²) >= 11 is 5.82. The lowest BCUT2D eigenvalue weighted by Crippen LogP contribution is -2.24. The average molecular weight is 336 g/mol. The number of esters is 1. The molecule has 0 amide bonds. The summed E-state index contributed by atoms with van der Waals surface area (Å²) in [7, 11) is 1.31. The molecule has 0 saturated heterocycles. The van der Waals surface area contributed by atoms with Gasteiger partial charge in [-0.3, -0.25) is 0 Å². The molecule has 0 aliphatic carbocycles. The van der Waals surface area contributed by atoms with Crippen molar-refractivity contribution in [3.05, 3.63) is 53.2 Å². The number of nitrogens with zero attached hydrogens (tertiary/aromatic N) is 1. The number of para-hydroxylation sites is 1. The van der Waals surface area contributed by atoms with Crippen LogP contribution in [0.15, 0.2) is 47.6 Å². The molecular formula is C15H16ClN4O3+. The van der Waals surface area contributed by atoms with Crippen LogP contribution in [0.1, 0.15) is 10.4 Å². The predicted molar refractivity (Wildman–Crippen MR) is 86.5 cm³/mol. The third kappa shape index (κ3) is 4.86. The van der Waals surface area contributed by atoms with Crippen molar-refractivity contribution >= 4 is 29.2 Å². The minimum absolute atomic E-state index is 0.00156. The van der Waals surface area contributed by atoms with Crippen LogP contribution >= 0.6 is 11.6 Å². The maximum absolute atomic E-state index is 11.6. The van der Waals surface area contributed by atoms with E-state index in [0.29, 0.717) is 22.3 Å². The number of hydrazone groups is 1. The molecule has 7 nitrogen and oxygen atoms in total. The normalized spacial score (nSPS) is 11.0. The lowest BCUT2D eigenvalue weighted by Gasteiger charge is -2.09. The van der Waals surface area contributed by atoms with Gasteiger partial charge in [0.1, 0.15) is 17.9 Å². The molecule has 1 heterocycles. The number of benzene rings is 1. The second-order valence-electron chi connectivity index (χ2n) is 4.40. The number of hydrogen-bond donors (Lipinski definition) is 2. The van der Waals surface area contributed by atoms with Crippen LogP contribution in [0.2, 0.25) is 5.15 Å². The fraction of sp³-hybridized carbons (Fsp3) is 0.133. The number of aromatic amines is 1. The molecule has 1 aromatic heterocycles. The van der Waals surface area contributed by atoms with Gasteiger partial charge in [0.2, 0.25) is 0 Å². The van der Waals surface area contributed by atoms with Crippen LogP contribution in [0.25, 0.3) is 0 Å². The van der Waals surface area contributed by atoms with Gasteiger partial charge in [-0.05, 0) is 35.9 Å². The Bertz CT molecular complexity index is 721. The van der Waals surface area contributed by atoms with Gasteiger partial charge >= 0.3 is 5.97 Å². The number of hydrogen-bond acceptors (Lipinski definition) is 5. The van der Waals surface area contributed by atoms with Gasteiger partial charge in [0.15, 0.2) is 11.0 Å². The molecule has 8 heteroatoms. The van der Waals surface area contributed by atoms with E-state index in [1.165, 1.54) is 7.11 Å². The number of methoxy groups -OCH3 is 1. The molecule has 2 aromatic rings. The predicted octanol–water partition coefficient (Wildman–Crippen LogP) is 1.70. The number of carbonyl (C=O) groups is 1. The monoisotopic (exact) mass is 335 g/mol. The third-order valence-electron chi connectivity index (χ3n) is 2.75. The fourth-order valence-electron chi connectivity index (χ4n) is 1.69. The van der Waals surface area contributed by atoms with E-state index in [1.807, 2.05) is 0 Å². The van der Waals surface area contributed by atoms with Crippen LogP contribution in [0.3, 0.4) is 0 Å². The second kappa shape index (κ2) is 8.00. The molecule has 4 N–H and O–H groups in total. The maximum Gasteiger partial charge on any atom is 0.341 e. The smallest absolute Gasteiger partial charge is 0.341 e. The van der Waals surface area contributed by atoms with Crippen molar-refractivity contribution < 1.29 is 19.3 Å². The first-order valence-corrected chi connectivity index (χ1v) is 7.04. The van der Waals surface area contributed by atoms with Crippen molar-refractivity contribution in [2.45, 2.75) is 0 Å². The second-order valence-corrected chi connectivity index (χ2v) is 4.81. The minimum Gasteiger partial charge on any atom is -0.485 e. The minimum atomic E-state index is -0.484. The Morgan fingerprint density at radius 1 is 1.30 bits per heavy atom. The van der Waals surface area contributed by atoms with Gasteiger partial charge in [-0.2, -0.15) is 0 Å². The SMILES string of the molecule is COC(=O)c1ccccc1OCC(N)=NNc1cccc(Cl)[nH+]1. The molecule has 2 rings (SSSR count). The molecule has 0 fully saturated rings. The number of nitrogens with two attached hydrogens (primary N) is 1. The summed E-state index contributed by atoms with van der Waals surface area (Å²) in [5.41, 5.74) is 8.81. The molecule has 0 radical (unpaired) electrons. The van der Waals surface area contributed by atoms with E-state index in [0.717, 1.165) is 0 Å². The number of rotatable bonds is 6. The molecule has 0 atom stereocenters. The Hall–Kier alpha value is -2.80. The Morgan fingerprint density at radius 2 is 2.09 bits per heavy atom. The van der Waals surface area contributed by atoms with E-state index in [4.69, 9.17) is 26.8 Å². The molecule has 0 bridgehead atoms. The lowest BCUT2D eigenvalue weighted by atomic mass is 10.2. The number of aromatic nitrogens is 1. The molecule has 23 heavy (non-hydrogen) atoms. The van der Waals surface area contributed by atoms with E-state index in [-0.39, 0.29) is 12.4 Å². The highest BCUT2D eigenvalue weighted by molar-refractivity contribution is 6.28. The number of pyridine rings is 1. The van der Waals surface area contributed by atoms with Gasteiger partial charge in [0, 0.05) is 6.07 Å². The molecule has 0 spiro atoms. The van der Waals surface area contributed by atoms with Crippen molar-refractivity contribution in [3.8, 4) is 5.75 Å². The first-order chi connectivity index (χ1) is 11.1. The Morgan fingerprint density at radius 3 is 2.83 bits per heavy atom. The van der Waals surface area contributed by atoms with Crippen molar-refractivity contribution in [2.24, 2.45) is 10.8 Å². The molecule has 0 aliphatic rings. The van der Waals surface area contributed by atoms with Crippen LogP contribution in [-0.4, -0.2) is 25.5 Å². The Labute approximate surface area is 138 Å². The molecule has 0 saturated carbocycles. The van der Waals surface area contributed by atoms with Crippen LogP contribution in [-0.2, 0) is 4.74 Å². The number of H-pyrrole nitrogens is 1. The van der Waals surface area contributed by atoms with E-state index < -0.39 is 5.97 Å². The average Bonchev–Trinajstić information content (AvgIpc) is 2.57. The van der Waals surface area contributed by atoms with E-state index >= 15 is 0 Å². The summed E-state index contributed by atoms with van der Waals surface area (Å²) in [5, 5.41) is 4.42. The first kappa shape index (κ1) is 16.6. The van der Waals surface area contributed by atoms with Crippen LogP contribution in [0, 0.1) is 0 Å². The van der Waals surface area contributed by atoms with Crippen LogP contribution in [0.5, 0.6) is 5.75 Å². The van der Waals surface area contributed by atoms with Gasteiger partial charge in [-0.25, -0.2) is 9.78 Å². The highest BCUT2D eigenvalue weighted by Crippen LogP contribution is 2.18. The number of ether oxygens (including phenoxy) is 2. The topological polar surface area (TPSA) is 100 Å². The largest absolute Gasteiger partial charge is 0.485 e. The van der Waals surface area contributed by atoms with Crippen molar-refractivity contribution in [1.29, 1.82) is 0 Å². The van der Waals surface area contributed by atoms with Crippen LogP contribution in [0.4, 0.5) is 5.82 Å². The Kier molecular flexibility index (Phi) is 5.76. The summed E-state index contributed by atoms with van der Waals surface area (Å²) < 4.78 is 10.2. The lowest BCUT2D eigenvalue weighted by molar-refractivity contribution is -0.358. The standard InChI is InChI=1S/C15H15ClN4O3/c1-22-15(21)10-5-2-3-6-11(10)23-9-13(17)19-20-14-8-4-7-12(16)18-14/h2-8H,9H2,1H3,(H2,17,19)(H,18,20)/p+1. The molecular weight excluding hydrogens is 320 g/mol. The van der Waals surface area contributed by atoms with E-state index in [9.17, 15) is 4.79 Å².